The van der Waals surface area contributed by atoms with Crippen molar-refractivity contribution in [1.82, 2.24) is 0 Å². The highest BCUT2D eigenvalue weighted by Crippen LogP contribution is 2.52. The van der Waals surface area contributed by atoms with E-state index in [1.165, 1.54) is 75.2 Å². The first kappa shape index (κ1) is 49.4. The molecule has 0 atom stereocenters. The Morgan fingerprint density at radius 1 is 0.253 bits per heavy atom. The van der Waals surface area contributed by atoms with E-state index in [4.69, 9.17) is 0 Å². The van der Waals surface area contributed by atoms with Gasteiger partial charge in [-0.05, 0) is 153 Å². The lowest BCUT2D eigenvalue weighted by Crippen LogP contribution is -2.09. The molecule has 0 aliphatic rings. The van der Waals surface area contributed by atoms with Gasteiger partial charge in [0.25, 0.3) is 0 Å². The Morgan fingerprint density at radius 3 is 0.667 bits per heavy atom. The van der Waals surface area contributed by atoms with Gasteiger partial charge in [0.2, 0.25) is 0 Å². The number of benzene rings is 10. The normalized spacial score (nSPS) is 11.1. The predicted molar refractivity (Wildman–Crippen MR) is 328 cm³/mol. The lowest BCUT2D eigenvalue weighted by Gasteiger charge is -2.26. The Hall–Kier alpha value is -7.80. The number of thiophene rings is 1. The molecule has 1 aromatic heterocycles. The highest BCUT2D eigenvalue weighted by molar-refractivity contribution is 8.02. The van der Waals surface area contributed by atoms with E-state index >= 15 is 0 Å². The van der Waals surface area contributed by atoms with Crippen LogP contribution in [0.5, 0.6) is 0 Å². The van der Waals surface area contributed by atoms with Gasteiger partial charge in [-0.15, -0.1) is 34.9 Å². The quantitative estimate of drug-likeness (QED) is 0.0790. The van der Waals surface area contributed by atoms with Crippen LogP contribution in [0.1, 0.15) is 26.7 Å². The third kappa shape index (κ3) is 11.2. The molecule has 11 aromatic rings. The number of nitrogens with zero attached hydrogens (tertiary/aromatic N) is 2. The minimum Gasteiger partial charge on any atom is -0.311 e. The molecule has 0 bridgehead atoms. The molecule has 0 fully saturated rings. The zero-order valence-electron chi connectivity index (χ0n) is 42.4. The molecule has 0 N–H and O–H groups in total. The molecule has 75 heavy (non-hydrogen) atoms. The van der Waals surface area contributed by atoms with Crippen LogP contribution in [0.15, 0.2) is 277 Å². The number of rotatable bonds is 18. The molecule has 0 spiro atoms. The minimum absolute atomic E-state index is 1.06. The molecule has 0 saturated heterocycles. The summed E-state index contributed by atoms with van der Waals surface area (Å²) in [6.45, 7) is 4.58. The summed E-state index contributed by atoms with van der Waals surface area (Å²) in [4.78, 5) is 10.2. The van der Waals surface area contributed by atoms with Gasteiger partial charge in [-0.1, -0.05) is 208 Å². The Labute approximate surface area is 456 Å². The predicted octanol–water partition coefficient (Wildman–Crippen LogP) is 21.7. The summed E-state index contributed by atoms with van der Waals surface area (Å²) >= 11 is 5.96. The summed E-state index contributed by atoms with van der Waals surface area (Å²) in [5.74, 6) is 2.12. The van der Waals surface area contributed by atoms with Crippen LogP contribution in [0.2, 0.25) is 0 Å². The highest BCUT2D eigenvalue weighted by atomic mass is 32.2. The van der Waals surface area contributed by atoms with E-state index in [0.717, 1.165) is 58.5 Å². The van der Waals surface area contributed by atoms with Crippen LogP contribution in [-0.2, 0) is 0 Å². The molecular formula is C70H58N2S3. The number of anilines is 6. The summed E-state index contributed by atoms with van der Waals surface area (Å²) in [5, 5.41) is 0. The standard InChI is InChI=1S/C70H58N2S3/c1-3-49-73-69-67(59-33-45-65(46-34-59)71(61-37-25-55(26-38-61)51-17-9-5-10-18-51)62-39-27-56(28-40-62)52-19-11-6-12-20-52)75-68(70(69)74-50-4-2)60-35-47-66(48-36-60)72(63-41-29-57(30-42-63)53-21-13-7-14-22-53)64-43-31-58(32-44-64)54-23-15-8-16-24-54/h5-48H,3-4,49-50H2,1-2H3. The second kappa shape index (κ2) is 23.6. The van der Waals surface area contributed by atoms with Crippen LogP contribution < -0.4 is 9.80 Å². The van der Waals surface area contributed by atoms with Gasteiger partial charge in [0.1, 0.15) is 0 Å². The average molecular weight is 1020 g/mol. The fourth-order valence-corrected chi connectivity index (χ4v) is 13.6. The van der Waals surface area contributed by atoms with E-state index in [9.17, 15) is 0 Å². The van der Waals surface area contributed by atoms with Crippen molar-refractivity contribution in [2.75, 3.05) is 21.3 Å². The van der Waals surface area contributed by atoms with Gasteiger partial charge in [0.05, 0.1) is 0 Å². The second-order valence-electron chi connectivity index (χ2n) is 18.5. The van der Waals surface area contributed by atoms with Crippen molar-refractivity contribution in [3.05, 3.63) is 267 Å². The third-order valence-corrected chi connectivity index (χ3v) is 17.7. The van der Waals surface area contributed by atoms with E-state index in [1.807, 2.05) is 34.9 Å². The summed E-state index contributed by atoms with van der Waals surface area (Å²) < 4.78 is 0. The van der Waals surface area contributed by atoms with E-state index in [-0.39, 0.29) is 0 Å². The topological polar surface area (TPSA) is 6.48 Å². The Kier molecular flexibility index (Phi) is 15.5. The lowest BCUT2D eigenvalue weighted by atomic mass is 10.0. The molecule has 10 aromatic carbocycles. The largest absolute Gasteiger partial charge is 0.311 e. The molecular weight excluding hydrogens is 965 g/mol. The fourth-order valence-electron chi connectivity index (χ4n) is 9.60. The molecule has 2 nitrogen and oxygen atoms in total. The van der Waals surface area contributed by atoms with Crippen molar-refractivity contribution in [3.63, 3.8) is 0 Å². The van der Waals surface area contributed by atoms with Crippen LogP contribution in [0.3, 0.4) is 0 Å². The average Bonchev–Trinajstić information content (AvgIpc) is 3.86. The smallest absolute Gasteiger partial charge is 0.0497 e. The maximum Gasteiger partial charge on any atom is 0.0497 e. The van der Waals surface area contributed by atoms with Gasteiger partial charge in [-0.25, -0.2) is 0 Å². The Bertz CT molecular complexity index is 3140. The van der Waals surface area contributed by atoms with E-state index in [1.54, 1.807) is 0 Å². The van der Waals surface area contributed by atoms with Crippen LogP contribution >= 0.6 is 34.9 Å². The van der Waals surface area contributed by atoms with Crippen LogP contribution in [0.4, 0.5) is 34.1 Å². The van der Waals surface area contributed by atoms with E-state index in [2.05, 4.69) is 291 Å². The monoisotopic (exact) mass is 1020 g/mol. The Balaban J connectivity index is 0.950. The second-order valence-corrected chi connectivity index (χ2v) is 21.8. The number of hydrogen-bond acceptors (Lipinski definition) is 5. The van der Waals surface area contributed by atoms with Gasteiger partial charge >= 0.3 is 0 Å². The molecule has 0 amide bonds. The summed E-state index contributed by atoms with van der Waals surface area (Å²) in [6, 6.07) is 96.9. The minimum atomic E-state index is 1.06. The third-order valence-electron chi connectivity index (χ3n) is 13.4. The summed E-state index contributed by atoms with van der Waals surface area (Å²) in [7, 11) is 0. The lowest BCUT2D eigenvalue weighted by molar-refractivity contribution is 1.09. The molecule has 0 unspecified atom stereocenters. The maximum absolute atomic E-state index is 2.38. The Morgan fingerprint density at radius 2 is 0.453 bits per heavy atom. The van der Waals surface area contributed by atoms with Gasteiger partial charge in [-0.3, -0.25) is 0 Å². The molecule has 0 aliphatic carbocycles. The van der Waals surface area contributed by atoms with Crippen molar-refractivity contribution in [2.24, 2.45) is 0 Å². The van der Waals surface area contributed by atoms with Gasteiger partial charge in [-0.2, -0.15) is 0 Å². The van der Waals surface area contributed by atoms with Gasteiger partial charge in [0.15, 0.2) is 0 Å². The zero-order chi connectivity index (χ0) is 50.8. The van der Waals surface area contributed by atoms with Gasteiger partial charge in [0, 0.05) is 53.7 Å². The zero-order valence-corrected chi connectivity index (χ0v) is 44.8. The molecule has 0 aliphatic heterocycles. The van der Waals surface area contributed by atoms with Crippen molar-refractivity contribution >= 4 is 69.0 Å². The van der Waals surface area contributed by atoms with Crippen molar-refractivity contribution in [1.29, 1.82) is 0 Å². The van der Waals surface area contributed by atoms with E-state index < -0.39 is 0 Å². The van der Waals surface area contributed by atoms with Crippen LogP contribution in [-0.4, -0.2) is 11.5 Å². The molecule has 1 heterocycles. The highest BCUT2D eigenvalue weighted by Gasteiger charge is 2.23. The SMILES string of the molecule is CCCSc1c(-c2ccc(N(c3ccc(-c4ccccc4)cc3)c3ccc(-c4ccccc4)cc3)cc2)sc(-c2ccc(N(c3ccc(-c4ccccc4)cc3)c3ccc(-c4ccccc4)cc3)cc2)c1SCCC. The van der Waals surface area contributed by atoms with Crippen LogP contribution in [0, 0.1) is 0 Å². The van der Waals surface area contributed by atoms with Crippen molar-refractivity contribution in [2.45, 2.75) is 36.5 Å². The fraction of sp³-hybridized carbons (Fsp3) is 0.0857. The molecule has 11 rings (SSSR count). The maximum atomic E-state index is 2.38. The molecule has 366 valence electrons. The first-order valence-corrected chi connectivity index (χ1v) is 28.8. The van der Waals surface area contributed by atoms with Gasteiger partial charge < -0.3 is 9.80 Å². The first-order chi connectivity index (χ1) is 37.1. The molecule has 0 saturated carbocycles. The summed E-state index contributed by atoms with van der Waals surface area (Å²) in [5.41, 5.74) is 18.8. The van der Waals surface area contributed by atoms with E-state index in [0.29, 0.717) is 0 Å². The van der Waals surface area contributed by atoms with Crippen LogP contribution in [0.25, 0.3) is 65.4 Å². The number of hydrogen-bond donors (Lipinski definition) is 0. The number of thioether (sulfide) groups is 2. The molecule has 5 heteroatoms. The summed E-state index contributed by atoms with van der Waals surface area (Å²) in [6.07, 6.45) is 2.22. The first-order valence-electron chi connectivity index (χ1n) is 26.0. The van der Waals surface area contributed by atoms with Crippen molar-refractivity contribution in [3.8, 4) is 65.4 Å². The molecule has 0 radical (unpaired) electrons. The van der Waals surface area contributed by atoms with Crippen molar-refractivity contribution < 1.29 is 0 Å².